The third-order valence-electron chi connectivity index (χ3n) is 4.95. The summed E-state index contributed by atoms with van der Waals surface area (Å²) >= 11 is 0. The topological polar surface area (TPSA) is 49.9 Å². The second-order valence-corrected chi connectivity index (χ2v) is 6.67. The monoisotopic (exact) mass is 360 g/mol. The number of likely N-dealkylation sites (N-methyl/N-ethyl adjacent to an activating group) is 1. The van der Waals surface area contributed by atoms with Gasteiger partial charge in [-0.25, -0.2) is 0 Å². The minimum atomic E-state index is -0.118. The zero-order valence-electron chi connectivity index (χ0n) is 15.3. The Labute approximate surface area is 157 Å². The summed E-state index contributed by atoms with van der Waals surface area (Å²) in [5.41, 5.74) is 2.47. The van der Waals surface area contributed by atoms with Crippen molar-refractivity contribution in [2.75, 3.05) is 25.6 Å². The van der Waals surface area contributed by atoms with Gasteiger partial charge in [-0.15, -0.1) is 0 Å². The fourth-order valence-corrected chi connectivity index (χ4v) is 3.49. The van der Waals surface area contributed by atoms with Crippen LogP contribution in [0.5, 0.6) is 5.75 Å². The zero-order valence-corrected chi connectivity index (χ0v) is 15.3. The van der Waals surface area contributed by atoms with Gasteiger partial charge in [0.2, 0.25) is 5.91 Å². The molecule has 2 amide bonds. The first-order valence-corrected chi connectivity index (χ1v) is 8.79. The van der Waals surface area contributed by atoms with Crippen LogP contribution in [0.3, 0.4) is 0 Å². The van der Waals surface area contributed by atoms with E-state index < -0.39 is 0 Å². The summed E-state index contributed by atoms with van der Waals surface area (Å²) in [6.07, 6.45) is 0. The minimum Gasteiger partial charge on any atom is -0.497 e. The molecule has 0 bridgehead atoms. The fourth-order valence-electron chi connectivity index (χ4n) is 3.49. The first-order chi connectivity index (χ1) is 13.1. The molecule has 0 spiro atoms. The molecule has 3 aromatic carbocycles. The highest BCUT2D eigenvalue weighted by Gasteiger charge is 2.31. The Bertz CT molecular complexity index is 1020. The summed E-state index contributed by atoms with van der Waals surface area (Å²) in [4.78, 5) is 28.8. The van der Waals surface area contributed by atoms with E-state index in [0.717, 1.165) is 27.8 Å². The van der Waals surface area contributed by atoms with Crippen molar-refractivity contribution in [1.29, 1.82) is 0 Å². The molecule has 5 heteroatoms. The molecule has 5 nitrogen and oxygen atoms in total. The first-order valence-electron chi connectivity index (χ1n) is 8.79. The molecule has 4 rings (SSSR count). The van der Waals surface area contributed by atoms with Crippen LogP contribution in [0.4, 0.5) is 5.69 Å². The van der Waals surface area contributed by atoms with Gasteiger partial charge >= 0.3 is 0 Å². The molecule has 0 N–H and O–H groups in total. The molecule has 0 atom stereocenters. The minimum absolute atomic E-state index is 0.0271. The lowest BCUT2D eigenvalue weighted by molar-refractivity contribution is -0.128. The molecule has 0 aliphatic carbocycles. The van der Waals surface area contributed by atoms with Gasteiger partial charge in [0.15, 0.2) is 0 Å². The number of nitrogens with zero attached hydrogens (tertiary/aromatic N) is 2. The van der Waals surface area contributed by atoms with E-state index in [1.807, 2.05) is 60.7 Å². The second-order valence-electron chi connectivity index (χ2n) is 6.67. The van der Waals surface area contributed by atoms with Crippen LogP contribution in [-0.2, 0) is 11.3 Å². The summed E-state index contributed by atoms with van der Waals surface area (Å²) < 4.78 is 5.16. The van der Waals surface area contributed by atoms with Crippen LogP contribution in [0.2, 0.25) is 0 Å². The summed E-state index contributed by atoms with van der Waals surface area (Å²) in [5.74, 6) is 0.554. The Morgan fingerprint density at radius 1 is 1.04 bits per heavy atom. The van der Waals surface area contributed by atoms with Crippen LogP contribution in [0, 0.1) is 0 Å². The quantitative estimate of drug-likeness (QED) is 0.700. The second kappa shape index (κ2) is 6.76. The zero-order chi connectivity index (χ0) is 19.0. The maximum Gasteiger partial charge on any atom is 0.259 e. The molecule has 1 aliphatic heterocycles. The van der Waals surface area contributed by atoms with E-state index in [9.17, 15) is 9.59 Å². The lowest BCUT2D eigenvalue weighted by atomic mass is 10.1. The molecule has 0 saturated heterocycles. The molecular formula is C22H20N2O3. The number of anilines is 1. The van der Waals surface area contributed by atoms with Crippen LogP contribution >= 0.6 is 0 Å². The van der Waals surface area contributed by atoms with Gasteiger partial charge in [-0.1, -0.05) is 36.4 Å². The van der Waals surface area contributed by atoms with Crippen molar-refractivity contribution in [3.63, 3.8) is 0 Å². The van der Waals surface area contributed by atoms with E-state index >= 15 is 0 Å². The Kier molecular flexibility index (Phi) is 4.28. The number of benzene rings is 3. The van der Waals surface area contributed by atoms with Crippen molar-refractivity contribution in [1.82, 2.24) is 4.90 Å². The van der Waals surface area contributed by atoms with Crippen LogP contribution in [0.15, 0.2) is 60.7 Å². The highest BCUT2D eigenvalue weighted by atomic mass is 16.5. The summed E-state index contributed by atoms with van der Waals surface area (Å²) in [5, 5.41) is 1.94. The van der Waals surface area contributed by atoms with E-state index in [-0.39, 0.29) is 18.4 Å². The maximum absolute atomic E-state index is 12.8. The molecule has 0 aromatic heterocycles. The summed E-state index contributed by atoms with van der Waals surface area (Å²) in [7, 11) is 3.37. The predicted octanol–water partition coefficient (Wildman–Crippen LogP) is 3.47. The molecular weight excluding hydrogens is 340 g/mol. The number of ether oxygens (including phenoxy) is 1. The lowest BCUT2D eigenvalue weighted by Gasteiger charge is -2.22. The predicted molar refractivity (Wildman–Crippen MR) is 105 cm³/mol. The molecule has 0 unspecified atom stereocenters. The molecule has 0 saturated carbocycles. The van der Waals surface area contributed by atoms with E-state index in [1.54, 1.807) is 24.0 Å². The van der Waals surface area contributed by atoms with Gasteiger partial charge < -0.3 is 9.64 Å². The molecule has 0 radical (unpaired) electrons. The van der Waals surface area contributed by atoms with Gasteiger partial charge in [0, 0.05) is 24.5 Å². The van der Waals surface area contributed by atoms with Gasteiger partial charge in [-0.2, -0.15) is 0 Å². The number of carbonyl (C=O) groups is 2. The lowest BCUT2D eigenvalue weighted by Crippen LogP contribution is -2.39. The van der Waals surface area contributed by atoms with Gasteiger partial charge in [-0.3, -0.25) is 14.5 Å². The van der Waals surface area contributed by atoms with E-state index in [1.165, 1.54) is 0 Å². The van der Waals surface area contributed by atoms with Crippen molar-refractivity contribution in [3.05, 3.63) is 71.8 Å². The standard InChI is InChI=1S/C22H20N2O3/c1-23(13-15-9-11-17(27-2)12-10-15)20(25)14-24-19-8-4-6-16-5-3-7-18(21(16)19)22(24)26/h3-12H,13-14H2,1-2H3. The summed E-state index contributed by atoms with van der Waals surface area (Å²) in [6.45, 7) is 0.501. The normalized spacial score (nSPS) is 12.5. The molecule has 0 fully saturated rings. The summed E-state index contributed by atoms with van der Waals surface area (Å²) in [6, 6.07) is 19.1. The number of hydrogen-bond acceptors (Lipinski definition) is 3. The smallest absolute Gasteiger partial charge is 0.259 e. The van der Waals surface area contributed by atoms with Gasteiger partial charge in [0.05, 0.1) is 12.8 Å². The van der Waals surface area contributed by atoms with Gasteiger partial charge in [-0.05, 0) is 35.2 Å². The Balaban J connectivity index is 1.51. The van der Waals surface area contributed by atoms with Gasteiger partial charge in [0.25, 0.3) is 5.91 Å². The van der Waals surface area contributed by atoms with E-state index in [4.69, 9.17) is 4.74 Å². The maximum atomic E-state index is 12.8. The van der Waals surface area contributed by atoms with Crippen molar-refractivity contribution in [2.24, 2.45) is 0 Å². The van der Waals surface area contributed by atoms with Crippen LogP contribution < -0.4 is 9.64 Å². The first kappa shape index (κ1) is 17.1. The highest BCUT2D eigenvalue weighted by Crippen LogP contribution is 2.37. The molecule has 1 heterocycles. The third-order valence-corrected chi connectivity index (χ3v) is 4.95. The Hall–Kier alpha value is -3.34. The highest BCUT2D eigenvalue weighted by molar-refractivity contribution is 6.26. The van der Waals surface area contributed by atoms with Crippen LogP contribution in [-0.4, -0.2) is 37.4 Å². The Morgan fingerprint density at radius 3 is 2.44 bits per heavy atom. The largest absolute Gasteiger partial charge is 0.497 e. The van der Waals surface area contributed by atoms with E-state index in [0.29, 0.717) is 12.1 Å². The van der Waals surface area contributed by atoms with Gasteiger partial charge in [0.1, 0.15) is 12.3 Å². The fraction of sp³-hybridized carbons (Fsp3) is 0.182. The average molecular weight is 360 g/mol. The van der Waals surface area contributed by atoms with Crippen molar-refractivity contribution < 1.29 is 14.3 Å². The third kappa shape index (κ3) is 3.01. The molecule has 27 heavy (non-hydrogen) atoms. The number of hydrogen-bond donors (Lipinski definition) is 0. The number of amides is 2. The van der Waals surface area contributed by atoms with E-state index in [2.05, 4.69) is 0 Å². The average Bonchev–Trinajstić information content (AvgIpc) is 2.96. The SMILES string of the molecule is COc1ccc(CN(C)C(=O)CN2C(=O)c3cccc4cccc2c34)cc1. The molecule has 136 valence electrons. The number of carbonyl (C=O) groups excluding carboxylic acids is 2. The van der Waals surface area contributed by atoms with Crippen molar-refractivity contribution >= 4 is 28.3 Å². The number of methoxy groups -OCH3 is 1. The number of rotatable bonds is 5. The van der Waals surface area contributed by atoms with Crippen molar-refractivity contribution in [2.45, 2.75) is 6.54 Å². The molecule has 1 aliphatic rings. The van der Waals surface area contributed by atoms with Crippen LogP contribution in [0.1, 0.15) is 15.9 Å². The Morgan fingerprint density at radius 2 is 1.74 bits per heavy atom. The van der Waals surface area contributed by atoms with Crippen LogP contribution in [0.25, 0.3) is 10.8 Å². The van der Waals surface area contributed by atoms with Crippen molar-refractivity contribution in [3.8, 4) is 5.75 Å². The molecule has 3 aromatic rings.